The number of carboxylic acid groups (broad SMARTS) is 1. The number of hydrogen-bond acceptors (Lipinski definition) is 3. The first-order valence-electron chi connectivity index (χ1n) is 9.64. The molecule has 25 heavy (non-hydrogen) atoms. The van der Waals surface area contributed by atoms with Crippen molar-refractivity contribution in [3.05, 3.63) is 29.3 Å². The third kappa shape index (κ3) is 2.84. The highest BCUT2D eigenvalue weighted by Gasteiger charge is 2.55. The van der Waals surface area contributed by atoms with Gasteiger partial charge in [0.05, 0.1) is 19.1 Å². The fraction of sp³-hybridized carbons (Fsp3) is 0.667. The second-order valence-corrected chi connectivity index (χ2v) is 8.42. The van der Waals surface area contributed by atoms with Crippen LogP contribution in [0.4, 0.5) is 0 Å². The smallest absolute Gasteiger partial charge is 0.305 e. The number of fused-ring (bicyclic) bond motifs is 5. The van der Waals surface area contributed by atoms with Crippen molar-refractivity contribution in [2.75, 3.05) is 6.61 Å². The van der Waals surface area contributed by atoms with E-state index < -0.39 is 5.97 Å². The first kappa shape index (κ1) is 16.9. The highest BCUT2D eigenvalue weighted by Crippen LogP contribution is 2.61. The van der Waals surface area contributed by atoms with Gasteiger partial charge in [-0.1, -0.05) is 13.0 Å². The number of phenolic OH excluding ortho intramolecular Hbond substituents is 1. The average molecular weight is 344 g/mol. The van der Waals surface area contributed by atoms with E-state index in [4.69, 9.17) is 9.84 Å². The molecular weight excluding hydrogens is 316 g/mol. The van der Waals surface area contributed by atoms with Crippen molar-refractivity contribution < 1.29 is 19.7 Å². The van der Waals surface area contributed by atoms with Crippen molar-refractivity contribution in [2.24, 2.45) is 17.3 Å². The second-order valence-electron chi connectivity index (χ2n) is 8.42. The van der Waals surface area contributed by atoms with E-state index in [-0.39, 0.29) is 17.9 Å². The van der Waals surface area contributed by atoms with Crippen LogP contribution < -0.4 is 0 Å². The van der Waals surface area contributed by atoms with Crippen molar-refractivity contribution >= 4 is 5.97 Å². The summed E-state index contributed by atoms with van der Waals surface area (Å²) in [5.41, 5.74) is 2.97. The van der Waals surface area contributed by atoms with Crippen LogP contribution in [0.5, 0.6) is 5.75 Å². The maximum Gasteiger partial charge on any atom is 0.305 e. The van der Waals surface area contributed by atoms with Gasteiger partial charge in [0.25, 0.3) is 0 Å². The number of phenols is 1. The third-order valence-corrected chi connectivity index (χ3v) is 7.26. The van der Waals surface area contributed by atoms with Gasteiger partial charge in [0, 0.05) is 0 Å². The number of rotatable bonds is 4. The van der Waals surface area contributed by atoms with E-state index in [0.29, 0.717) is 30.1 Å². The highest BCUT2D eigenvalue weighted by molar-refractivity contribution is 5.66. The predicted molar refractivity (Wildman–Crippen MR) is 94.7 cm³/mol. The van der Waals surface area contributed by atoms with E-state index in [2.05, 4.69) is 13.0 Å². The Morgan fingerprint density at radius 1 is 1.28 bits per heavy atom. The number of aromatic hydroxyl groups is 1. The Kier molecular flexibility index (Phi) is 4.27. The first-order valence-corrected chi connectivity index (χ1v) is 9.64. The molecule has 4 nitrogen and oxygen atoms in total. The molecule has 0 saturated heterocycles. The summed E-state index contributed by atoms with van der Waals surface area (Å²) in [5, 5.41) is 18.6. The van der Waals surface area contributed by atoms with Crippen LogP contribution in [0.25, 0.3) is 0 Å². The van der Waals surface area contributed by atoms with Gasteiger partial charge in [0.15, 0.2) is 0 Å². The summed E-state index contributed by atoms with van der Waals surface area (Å²) in [4.78, 5) is 10.8. The number of benzene rings is 1. The first-order chi connectivity index (χ1) is 12.0. The lowest BCUT2D eigenvalue weighted by Gasteiger charge is -2.50. The molecule has 4 rings (SSSR count). The van der Waals surface area contributed by atoms with Crippen molar-refractivity contribution in [3.8, 4) is 5.75 Å². The zero-order valence-electron chi connectivity index (χ0n) is 14.9. The van der Waals surface area contributed by atoms with Crippen LogP contribution in [-0.4, -0.2) is 28.9 Å². The van der Waals surface area contributed by atoms with Crippen molar-refractivity contribution in [1.29, 1.82) is 0 Å². The van der Waals surface area contributed by atoms with Gasteiger partial charge in [-0.3, -0.25) is 4.79 Å². The summed E-state index contributed by atoms with van der Waals surface area (Å²) in [6.07, 6.45) is 7.14. The molecule has 2 fully saturated rings. The molecule has 2 saturated carbocycles. The standard InChI is InChI=1S/C21H28O4/c1-21-10-8-16-15-5-3-14(22)12-13(15)2-4-17(16)18(21)6-7-19(21)25-11-9-20(23)24/h3,5,12,16-19,22H,2,4,6-11H2,1H3,(H,23,24)/t16?,17?,18?,19-,21?/m1/s1. The second kappa shape index (κ2) is 6.31. The molecule has 3 aliphatic rings. The number of aryl methyl sites for hydroxylation is 1. The topological polar surface area (TPSA) is 66.8 Å². The van der Waals surface area contributed by atoms with E-state index in [1.54, 1.807) is 0 Å². The quantitative estimate of drug-likeness (QED) is 0.863. The van der Waals surface area contributed by atoms with E-state index in [0.717, 1.165) is 19.3 Å². The van der Waals surface area contributed by atoms with Crippen LogP contribution in [0.15, 0.2) is 18.2 Å². The molecule has 0 amide bonds. The molecule has 4 unspecified atom stereocenters. The summed E-state index contributed by atoms with van der Waals surface area (Å²) < 4.78 is 6.04. The Balaban J connectivity index is 1.52. The minimum absolute atomic E-state index is 0.0974. The fourth-order valence-corrected chi connectivity index (χ4v) is 6.08. The summed E-state index contributed by atoms with van der Waals surface area (Å²) in [6, 6.07) is 5.92. The molecular formula is C21H28O4. The Labute approximate surface area is 149 Å². The maximum absolute atomic E-state index is 10.8. The largest absolute Gasteiger partial charge is 0.508 e. The Morgan fingerprint density at radius 2 is 2.12 bits per heavy atom. The summed E-state index contributed by atoms with van der Waals surface area (Å²) in [6.45, 7) is 2.71. The summed E-state index contributed by atoms with van der Waals surface area (Å²) >= 11 is 0. The van der Waals surface area contributed by atoms with E-state index >= 15 is 0 Å². The summed E-state index contributed by atoms with van der Waals surface area (Å²) in [7, 11) is 0. The number of aliphatic carboxylic acids is 1. The van der Waals surface area contributed by atoms with Crippen LogP contribution in [0.1, 0.15) is 62.5 Å². The van der Waals surface area contributed by atoms with Crippen LogP contribution in [0.2, 0.25) is 0 Å². The summed E-state index contributed by atoms with van der Waals surface area (Å²) in [5.74, 6) is 1.58. The van der Waals surface area contributed by atoms with Gasteiger partial charge >= 0.3 is 5.97 Å². The van der Waals surface area contributed by atoms with Gasteiger partial charge in [0.1, 0.15) is 5.75 Å². The monoisotopic (exact) mass is 344 g/mol. The van der Waals surface area contributed by atoms with Crippen LogP contribution in [-0.2, 0) is 16.0 Å². The van der Waals surface area contributed by atoms with Gasteiger partial charge in [-0.25, -0.2) is 0 Å². The molecule has 0 spiro atoms. The molecule has 1 aromatic carbocycles. The van der Waals surface area contributed by atoms with Crippen molar-refractivity contribution in [2.45, 2.75) is 63.9 Å². The van der Waals surface area contributed by atoms with Crippen molar-refractivity contribution in [1.82, 2.24) is 0 Å². The molecule has 0 aromatic heterocycles. The fourth-order valence-electron chi connectivity index (χ4n) is 6.08. The number of hydrogen-bond donors (Lipinski definition) is 2. The average Bonchev–Trinajstić information content (AvgIpc) is 2.91. The third-order valence-electron chi connectivity index (χ3n) is 7.26. The molecule has 4 heteroatoms. The zero-order chi connectivity index (χ0) is 17.6. The van der Waals surface area contributed by atoms with Gasteiger partial charge in [-0.05, 0) is 85.0 Å². The van der Waals surface area contributed by atoms with Crippen LogP contribution in [0.3, 0.4) is 0 Å². The lowest BCUT2D eigenvalue weighted by Crippen LogP contribution is -2.44. The molecule has 3 aliphatic carbocycles. The Hall–Kier alpha value is -1.55. The number of carboxylic acids is 1. The number of carbonyl (C=O) groups is 1. The van der Waals surface area contributed by atoms with Crippen LogP contribution >= 0.6 is 0 Å². The van der Waals surface area contributed by atoms with Crippen molar-refractivity contribution in [3.63, 3.8) is 0 Å². The zero-order valence-corrected chi connectivity index (χ0v) is 14.9. The molecule has 0 bridgehead atoms. The minimum atomic E-state index is -0.782. The molecule has 1 aromatic rings. The molecule has 0 aliphatic heterocycles. The molecule has 5 atom stereocenters. The Bertz CT molecular complexity index is 670. The lowest BCUT2D eigenvalue weighted by molar-refractivity contribution is -0.139. The van der Waals surface area contributed by atoms with Gasteiger partial charge < -0.3 is 14.9 Å². The van der Waals surface area contributed by atoms with Gasteiger partial charge in [-0.15, -0.1) is 0 Å². The lowest BCUT2D eigenvalue weighted by atomic mass is 9.55. The normalized spacial score (nSPS) is 36.4. The maximum atomic E-state index is 10.8. The Morgan fingerprint density at radius 3 is 2.92 bits per heavy atom. The number of ether oxygens (including phenoxy) is 1. The van der Waals surface area contributed by atoms with Crippen LogP contribution in [0, 0.1) is 17.3 Å². The minimum Gasteiger partial charge on any atom is -0.508 e. The van der Waals surface area contributed by atoms with E-state index in [1.807, 2.05) is 12.1 Å². The van der Waals surface area contributed by atoms with Gasteiger partial charge in [-0.2, -0.15) is 0 Å². The molecule has 136 valence electrons. The van der Waals surface area contributed by atoms with Gasteiger partial charge in [0.2, 0.25) is 0 Å². The molecule has 2 N–H and O–H groups in total. The highest BCUT2D eigenvalue weighted by atomic mass is 16.5. The predicted octanol–water partition coefficient (Wildman–Crippen LogP) is 4.11. The molecule has 0 heterocycles. The molecule has 0 radical (unpaired) electrons. The SMILES string of the molecule is CC12CCC3c4ccc(O)cc4CCC3C1CC[C@H]2OCCC(=O)O. The van der Waals surface area contributed by atoms with E-state index in [1.165, 1.54) is 30.4 Å². The van der Waals surface area contributed by atoms with E-state index in [9.17, 15) is 9.90 Å².